The molecule has 0 atom stereocenters. The normalized spacial score (nSPS) is 18.0. The molecule has 0 fully saturated rings. The molecule has 0 spiro atoms. The van der Waals surface area contributed by atoms with Crippen LogP contribution in [-0.2, 0) is 39.8 Å². The lowest BCUT2D eigenvalue weighted by atomic mass is 9.77. The molecular weight excluding hydrogens is 1390 g/mol. The highest BCUT2D eigenvalue weighted by atomic mass is 19.4. The van der Waals surface area contributed by atoms with Crippen LogP contribution in [0, 0.1) is 64.1 Å². The van der Waals surface area contributed by atoms with Crippen LogP contribution in [0.5, 0.6) is 0 Å². The molecule has 5 aliphatic heterocycles. The maximum atomic E-state index is 13.7. The molecule has 12 rings (SSSR count). The molecule has 0 bridgehead atoms. The highest BCUT2D eigenvalue weighted by Crippen LogP contribution is 2.55. The molecule has 7 aromatic rings. The predicted octanol–water partition coefficient (Wildman–Crippen LogP) is 22.0. The van der Waals surface area contributed by atoms with E-state index in [4.69, 9.17) is 0 Å². The average Bonchev–Trinajstić information content (AvgIpc) is 1.57. The molecule has 0 unspecified atom stereocenters. The maximum Gasteiger partial charge on any atom is 0.416 e. The Balaban J connectivity index is 0.000000177. The van der Waals surface area contributed by atoms with Gasteiger partial charge in [0, 0.05) is 168 Å². The fourth-order valence-corrected chi connectivity index (χ4v) is 16.6. The van der Waals surface area contributed by atoms with Gasteiger partial charge in [0.15, 0.2) is 11.4 Å². The molecule has 6 heterocycles. The van der Waals surface area contributed by atoms with Gasteiger partial charge in [-0.05, 0) is 150 Å². The lowest BCUT2D eigenvalue weighted by Crippen LogP contribution is -2.38. The van der Waals surface area contributed by atoms with Crippen LogP contribution in [0.1, 0.15) is 189 Å². The van der Waals surface area contributed by atoms with Gasteiger partial charge < -0.3 is 14.7 Å². The SMILES string of the molecule is CC(C)CCN1/C(=C/C=C/c2ccc3ccccc3[n+]2CCC(C)C)C(C)(C)c2cc([N+](=O)[O-])ccc21.CC(C)CCN1C(=CC=CC2=[N+](CCC(C)C)c3ccc(C(F)(F)F)cc3C2(C)C)C(C)(C)c2cc([N+](=O)[O-])ccc21.CN1/C(=C/C2=[N+](C)c3cccc([N+](=O)[O-])c3C2(C)C)C(C)(C)c2c1cccc2[N+](=O)[O-]. The second kappa shape index (κ2) is 31.5. The van der Waals surface area contributed by atoms with Crippen LogP contribution in [0.4, 0.5) is 64.4 Å². The van der Waals surface area contributed by atoms with Crippen molar-refractivity contribution < 1.29 is 46.6 Å². The molecule has 580 valence electrons. The number of benzene rings is 6. The van der Waals surface area contributed by atoms with Crippen LogP contribution in [0.25, 0.3) is 17.0 Å². The zero-order valence-electron chi connectivity index (χ0n) is 67.5. The minimum absolute atomic E-state index is 0.0717. The maximum absolute atomic E-state index is 13.7. The first-order valence-corrected chi connectivity index (χ1v) is 38.3. The Morgan fingerprint density at radius 3 is 1.50 bits per heavy atom. The lowest BCUT2D eigenvalue weighted by molar-refractivity contribution is -0.674. The number of nitro groups is 4. The summed E-state index contributed by atoms with van der Waals surface area (Å²) in [6, 6.07) is 37.7. The molecule has 110 heavy (non-hydrogen) atoms. The van der Waals surface area contributed by atoms with Gasteiger partial charge in [0.2, 0.25) is 22.6 Å². The molecule has 0 saturated heterocycles. The summed E-state index contributed by atoms with van der Waals surface area (Å²) in [4.78, 5) is 51.7. The number of fused-ring (bicyclic) bond motifs is 6. The van der Waals surface area contributed by atoms with E-state index in [1.165, 1.54) is 46.6 Å². The van der Waals surface area contributed by atoms with Gasteiger partial charge >= 0.3 is 6.18 Å². The summed E-state index contributed by atoms with van der Waals surface area (Å²) in [5.41, 5.74) is 13.0. The molecule has 5 aliphatic rings. The van der Waals surface area contributed by atoms with Crippen LogP contribution in [0.2, 0.25) is 0 Å². The number of aromatic nitrogens is 1. The van der Waals surface area contributed by atoms with Crippen LogP contribution in [0.15, 0.2) is 181 Å². The molecule has 0 radical (unpaired) electrons. The molecule has 0 saturated carbocycles. The number of hydrogen-bond acceptors (Lipinski definition) is 11. The van der Waals surface area contributed by atoms with E-state index >= 15 is 0 Å². The van der Waals surface area contributed by atoms with E-state index in [0.717, 1.165) is 108 Å². The standard InChI is InChI=1S/C34H43F3N3O2.C32H40N3O2.C23H25N4O4/c1-22(2)16-18-38-28-14-12-24(34(35,36)37)20-26(28)32(5,6)30(38)10-9-11-31-33(7,8)27-21-25(40(41)42)13-15-29(27)39(31)19-17-23(3)4;1-23(2)18-20-33-26(15-14-25-10-7-8-12-29(25)33)11-9-13-31-32(5,6)28-22-27(35(36)37)16-17-30(28)34(31)21-19-24(3)4;1-22(2)18(24(5)14-9-7-11-16(20(14)22)26(28)29)13-19-23(3,4)21-15(25(19)6)10-8-12-17(21)27(30)31/h9-15,20-23H,16-19H2,1-8H3;7-17,22-24H,18-21H2,1-6H3;7-13H,1-6H3/q3*+1. The number of hydrogen-bond donors (Lipinski definition) is 0. The lowest BCUT2D eigenvalue weighted by Gasteiger charge is -2.27. The van der Waals surface area contributed by atoms with Gasteiger partial charge in [-0.15, -0.1) is 0 Å². The summed E-state index contributed by atoms with van der Waals surface area (Å²) in [5, 5.41) is 47.7. The molecule has 21 heteroatoms. The van der Waals surface area contributed by atoms with E-state index < -0.39 is 33.4 Å². The second-order valence-corrected chi connectivity index (χ2v) is 34.0. The van der Waals surface area contributed by atoms with E-state index in [9.17, 15) is 53.6 Å². The number of alkyl halides is 3. The van der Waals surface area contributed by atoms with E-state index in [1.807, 2.05) is 108 Å². The van der Waals surface area contributed by atoms with Crippen molar-refractivity contribution in [1.82, 2.24) is 0 Å². The third-order valence-corrected chi connectivity index (χ3v) is 22.8. The van der Waals surface area contributed by atoms with Crippen molar-refractivity contribution in [3.8, 4) is 0 Å². The minimum atomic E-state index is -4.41. The van der Waals surface area contributed by atoms with Crippen molar-refractivity contribution in [3.05, 3.63) is 260 Å². The fraction of sp³-hybridized carbons (Fsp3) is 0.427. The average molecular weight is 1500 g/mol. The van der Waals surface area contributed by atoms with Crippen LogP contribution >= 0.6 is 0 Å². The van der Waals surface area contributed by atoms with Gasteiger partial charge in [-0.2, -0.15) is 26.9 Å². The Morgan fingerprint density at radius 2 is 0.982 bits per heavy atom. The first-order valence-electron chi connectivity index (χ1n) is 38.3. The number of non-ortho nitro benzene ring substituents is 2. The topological polar surface area (TPSA) is 192 Å². The van der Waals surface area contributed by atoms with E-state index in [0.29, 0.717) is 46.9 Å². The monoisotopic (exact) mass is 1500 g/mol. The molecule has 0 N–H and O–H groups in total. The Bertz CT molecular complexity index is 5030. The van der Waals surface area contributed by atoms with Gasteiger partial charge in [-0.3, -0.25) is 40.5 Å². The zero-order chi connectivity index (χ0) is 80.8. The number of para-hydroxylation sites is 1. The quantitative estimate of drug-likeness (QED) is 0.0378. The Labute approximate surface area is 645 Å². The number of rotatable bonds is 21. The van der Waals surface area contributed by atoms with E-state index in [2.05, 4.69) is 163 Å². The molecular formula is C89H108F3N10O8+3. The number of aryl methyl sites for hydroxylation is 1. The highest BCUT2D eigenvalue weighted by Gasteiger charge is 2.52. The summed E-state index contributed by atoms with van der Waals surface area (Å²) in [6.07, 6.45) is 14.3. The second-order valence-electron chi connectivity index (χ2n) is 34.0. The van der Waals surface area contributed by atoms with Crippen LogP contribution in [-0.4, -0.2) is 74.0 Å². The third-order valence-electron chi connectivity index (χ3n) is 22.8. The molecule has 18 nitrogen and oxygen atoms in total. The Kier molecular flexibility index (Phi) is 23.5. The number of likely N-dealkylation sites (N-methyl/N-ethyl adjacent to an activating group) is 1. The molecule has 6 aromatic carbocycles. The van der Waals surface area contributed by atoms with Gasteiger partial charge in [-0.1, -0.05) is 113 Å². The largest absolute Gasteiger partial charge is 0.416 e. The zero-order valence-corrected chi connectivity index (χ0v) is 67.5. The van der Waals surface area contributed by atoms with Crippen molar-refractivity contribution in [2.45, 2.75) is 190 Å². The Morgan fingerprint density at radius 1 is 0.473 bits per heavy atom. The van der Waals surface area contributed by atoms with Gasteiger partial charge in [0.05, 0.1) is 47.3 Å². The first-order chi connectivity index (χ1) is 51.4. The first kappa shape index (κ1) is 82.1. The Hall–Kier alpha value is -10.4. The highest BCUT2D eigenvalue weighted by molar-refractivity contribution is 6.06. The fourth-order valence-electron chi connectivity index (χ4n) is 16.6. The smallest absolute Gasteiger partial charge is 0.347 e. The van der Waals surface area contributed by atoms with E-state index in [-0.39, 0.29) is 47.9 Å². The number of pyridine rings is 1. The van der Waals surface area contributed by atoms with Crippen molar-refractivity contribution in [2.75, 3.05) is 48.4 Å². The van der Waals surface area contributed by atoms with Crippen molar-refractivity contribution in [3.63, 3.8) is 0 Å². The summed E-state index contributed by atoms with van der Waals surface area (Å²) >= 11 is 0. The predicted molar refractivity (Wildman–Crippen MR) is 437 cm³/mol. The summed E-state index contributed by atoms with van der Waals surface area (Å²) < 4.78 is 47.5. The van der Waals surface area contributed by atoms with Gasteiger partial charge in [0.25, 0.3) is 22.7 Å². The van der Waals surface area contributed by atoms with Crippen LogP contribution in [0.3, 0.4) is 0 Å². The molecule has 0 aliphatic carbocycles. The number of halogens is 3. The van der Waals surface area contributed by atoms with Crippen molar-refractivity contribution in [1.29, 1.82) is 0 Å². The van der Waals surface area contributed by atoms with Gasteiger partial charge in [-0.25, -0.2) is 0 Å². The minimum Gasteiger partial charge on any atom is -0.347 e. The summed E-state index contributed by atoms with van der Waals surface area (Å²) in [7, 11) is 3.81. The summed E-state index contributed by atoms with van der Waals surface area (Å²) in [5.74, 6) is 2.12. The number of nitro benzene ring substituents is 4. The van der Waals surface area contributed by atoms with E-state index in [1.54, 1.807) is 42.5 Å². The summed E-state index contributed by atoms with van der Waals surface area (Å²) in [6.45, 7) is 41.4. The van der Waals surface area contributed by atoms with Gasteiger partial charge in [0.1, 0.15) is 25.7 Å². The molecule has 1 aromatic heterocycles. The third kappa shape index (κ3) is 16.0. The number of allylic oxidation sites excluding steroid dienone is 9. The number of anilines is 3. The molecule has 0 amide bonds. The number of nitrogens with zero attached hydrogens (tertiary/aromatic N) is 10. The van der Waals surface area contributed by atoms with Crippen molar-refractivity contribution >= 4 is 79.6 Å². The van der Waals surface area contributed by atoms with Crippen molar-refractivity contribution in [2.24, 2.45) is 23.7 Å². The van der Waals surface area contributed by atoms with Crippen LogP contribution < -0.4 is 19.3 Å².